The molecule has 0 aliphatic carbocycles. The van der Waals surface area contributed by atoms with E-state index in [4.69, 9.17) is 0 Å². The van der Waals surface area contributed by atoms with Crippen molar-refractivity contribution in [3.63, 3.8) is 0 Å². The Hall–Kier alpha value is -1.10. The highest BCUT2D eigenvalue weighted by atomic mass is 32.2. The molecule has 8 nitrogen and oxygen atoms in total. The van der Waals surface area contributed by atoms with Crippen molar-refractivity contribution in [2.75, 3.05) is 18.4 Å². The van der Waals surface area contributed by atoms with Crippen LogP contribution in [-0.2, 0) is 14.8 Å². The monoisotopic (exact) mass is 305 g/mol. The zero-order valence-electron chi connectivity index (χ0n) is 10.3. The quantitative estimate of drug-likeness (QED) is 0.634. The minimum atomic E-state index is -3.66. The van der Waals surface area contributed by atoms with E-state index in [1.165, 1.54) is 6.92 Å². The lowest BCUT2D eigenvalue weighted by atomic mass is 10.2. The third-order valence-electron chi connectivity index (χ3n) is 2.60. The lowest BCUT2D eigenvalue weighted by molar-refractivity contribution is -0.114. The van der Waals surface area contributed by atoms with Crippen LogP contribution in [0.15, 0.2) is 4.34 Å². The van der Waals surface area contributed by atoms with Crippen LogP contribution in [0.25, 0.3) is 0 Å². The average Bonchev–Trinajstić information content (AvgIpc) is 2.96. The van der Waals surface area contributed by atoms with E-state index < -0.39 is 10.0 Å². The molecule has 19 heavy (non-hydrogen) atoms. The molecule has 1 unspecified atom stereocenters. The van der Waals surface area contributed by atoms with Crippen LogP contribution in [-0.4, -0.2) is 43.7 Å². The van der Waals surface area contributed by atoms with Gasteiger partial charge in [-0.25, -0.2) is 13.1 Å². The van der Waals surface area contributed by atoms with E-state index in [-0.39, 0.29) is 21.4 Å². The summed E-state index contributed by atoms with van der Waals surface area (Å²) in [4.78, 5) is 10.8. The van der Waals surface area contributed by atoms with Gasteiger partial charge in [-0.15, -0.1) is 10.2 Å². The first-order valence-corrected chi connectivity index (χ1v) is 8.11. The number of aromatic nitrogens is 2. The molecule has 1 aliphatic heterocycles. The van der Waals surface area contributed by atoms with Gasteiger partial charge in [-0.1, -0.05) is 11.3 Å². The summed E-state index contributed by atoms with van der Waals surface area (Å²) < 4.78 is 26.2. The van der Waals surface area contributed by atoms with Crippen molar-refractivity contribution in [1.29, 1.82) is 0 Å². The number of amides is 1. The SMILES string of the molecule is CC(=O)Nc1nnc(S(=O)(=O)NCC2CCCN2)s1. The summed E-state index contributed by atoms with van der Waals surface area (Å²) in [5, 5.41) is 12.9. The van der Waals surface area contributed by atoms with Crippen LogP contribution in [0.3, 0.4) is 0 Å². The summed E-state index contributed by atoms with van der Waals surface area (Å²) in [7, 11) is -3.66. The van der Waals surface area contributed by atoms with Crippen LogP contribution in [0, 0.1) is 0 Å². The Balaban J connectivity index is 1.98. The molecule has 106 valence electrons. The maximum absolute atomic E-state index is 11.9. The number of rotatable bonds is 5. The van der Waals surface area contributed by atoms with Gasteiger partial charge in [0.1, 0.15) is 0 Å². The van der Waals surface area contributed by atoms with Crippen LogP contribution in [0.5, 0.6) is 0 Å². The minimum Gasteiger partial charge on any atom is -0.313 e. The molecule has 0 aromatic carbocycles. The zero-order chi connectivity index (χ0) is 13.9. The van der Waals surface area contributed by atoms with Crippen molar-refractivity contribution < 1.29 is 13.2 Å². The normalized spacial score (nSPS) is 19.5. The summed E-state index contributed by atoms with van der Waals surface area (Å²) in [6.07, 6.45) is 2.01. The second kappa shape index (κ2) is 5.90. The van der Waals surface area contributed by atoms with Gasteiger partial charge in [0, 0.05) is 19.5 Å². The molecule has 2 heterocycles. The molecule has 0 saturated carbocycles. The second-order valence-electron chi connectivity index (χ2n) is 4.20. The average molecular weight is 305 g/mol. The molecule has 3 N–H and O–H groups in total. The molecule has 1 saturated heterocycles. The Morgan fingerprint density at radius 3 is 2.95 bits per heavy atom. The predicted octanol–water partition coefficient (Wildman–Crippen LogP) is -0.473. The Morgan fingerprint density at radius 1 is 1.53 bits per heavy atom. The van der Waals surface area contributed by atoms with E-state index in [1.54, 1.807) is 0 Å². The van der Waals surface area contributed by atoms with Gasteiger partial charge in [-0.3, -0.25) is 4.79 Å². The molecule has 1 aliphatic rings. The van der Waals surface area contributed by atoms with Crippen molar-refractivity contribution in [3.8, 4) is 0 Å². The van der Waals surface area contributed by atoms with Gasteiger partial charge in [-0.05, 0) is 19.4 Å². The van der Waals surface area contributed by atoms with E-state index in [2.05, 4.69) is 25.6 Å². The molecule has 1 amide bonds. The van der Waals surface area contributed by atoms with E-state index in [0.717, 1.165) is 30.7 Å². The Kier molecular flexibility index (Phi) is 4.45. The second-order valence-corrected chi connectivity index (χ2v) is 7.12. The van der Waals surface area contributed by atoms with Gasteiger partial charge in [0.15, 0.2) is 0 Å². The smallest absolute Gasteiger partial charge is 0.269 e. The summed E-state index contributed by atoms with van der Waals surface area (Å²) >= 11 is 0.826. The predicted molar refractivity (Wildman–Crippen MR) is 70.4 cm³/mol. The van der Waals surface area contributed by atoms with Gasteiger partial charge in [0.05, 0.1) is 0 Å². The Morgan fingerprint density at radius 2 is 2.32 bits per heavy atom. The molecule has 2 rings (SSSR count). The third-order valence-corrected chi connectivity index (χ3v) is 5.23. The number of hydrogen-bond donors (Lipinski definition) is 3. The molecular formula is C9H15N5O3S2. The van der Waals surface area contributed by atoms with Crippen molar-refractivity contribution in [2.45, 2.75) is 30.1 Å². The molecular weight excluding hydrogens is 290 g/mol. The van der Waals surface area contributed by atoms with Crippen molar-refractivity contribution >= 4 is 32.4 Å². The van der Waals surface area contributed by atoms with Gasteiger partial charge in [0.2, 0.25) is 15.4 Å². The lowest BCUT2D eigenvalue weighted by Gasteiger charge is -2.10. The molecule has 0 spiro atoms. The number of nitrogens with zero attached hydrogens (tertiary/aromatic N) is 2. The molecule has 1 fully saturated rings. The van der Waals surface area contributed by atoms with Gasteiger partial charge in [-0.2, -0.15) is 0 Å². The Labute approximate surface area is 115 Å². The fourth-order valence-electron chi connectivity index (χ4n) is 1.72. The third kappa shape index (κ3) is 3.93. The highest BCUT2D eigenvalue weighted by molar-refractivity contribution is 7.91. The van der Waals surface area contributed by atoms with E-state index in [1.807, 2.05) is 0 Å². The largest absolute Gasteiger partial charge is 0.313 e. The first kappa shape index (κ1) is 14.3. The molecule has 0 bridgehead atoms. The van der Waals surface area contributed by atoms with E-state index in [0.29, 0.717) is 6.54 Å². The first-order valence-electron chi connectivity index (χ1n) is 5.81. The van der Waals surface area contributed by atoms with Crippen molar-refractivity contribution in [3.05, 3.63) is 0 Å². The van der Waals surface area contributed by atoms with Gasteiger partial charge in [0.25, 0.3) is 10.0 Å². The summed E-state index contributed by atoms with van der Waals surface area (Å²) in [5.74, 6) is -0.316. The molecule has 0 radical (unpaired) electrons. The maximum Gasteiger partial charge on any atom is 0.269 e. The standard InChI is InChI=1S/C9H15N5O3S2/c1-6(15)12-8-13-14-9(18-8)19(16,17)11-5-7-3-2-4-10-7/h7,10-11H,2-5H2,1H3,(H,12,13,15). The Bertz CT molecular complexity index is 550. The summed E-state index contributed by atoms with van der Waals surface area (Å²) in [6, 6.07) is 0.164. The summed E-state index contributed by atoms with van der Waals surface area (Å²) in [6.45, 7) is 2.56. The van der Waals surface area contributed by atoms with Crippen LogP contribution in [0.2, 0.25) is 0 Å². The molecule has 10 heteroatoms. The van der Waals surface area contributed by atoms with Crippen molar-refractivity contribution in [2.24, 2.45) is 0 Å². The molecule has 1 atom stereocenters. The highest BCUT2D eigenvalue weighted by Gasteiger charge is 2.23. The number of anilines is 1. The maximum atomic E-state index is 11.9. The highest BCUT2D eigenvalue weighted by Crippen LogP contribution is 2.19. The molecule has 1 aromatic heterocycles. The first-order chi connectivity index (χ1) is 8.97. The zero-order valence-corrected chi connectivity index (χ0v) is 12.0. The van der Waals surface area contributed by atoms with Crippen molar-refractivity contribution in [1.82, 2.24) is 20.2 Å². The lowest BCUT2D eigenvalue weighted by Crippen LogP contribution is -2.37. The fourth-order valence-corrected chi connectivity index (χ4v) is 3.79. The topological polar surface area (TPSA) is 113 Å². The minimum absolute atomic E-state index is 0.144. The van der Waals surface area contributed by atoms with Gasteiger partial charge >= 0.3 is 0 Å². The number of carbonyl (C=O) groups is 1. The molecule has 1 aromatic rings. The fraction of sp³-hybridized carbons (Fsp3) is 0.667. The van der Waals surface area contributed by atoms with E-state index >= 15 is 0 Å². The number of sulfonamides is 1. The van der Waals surface area contributed by atoms with Crippen LogP contribution < -0.4 is 15.4 Å². The number of nitrogens with one attached hydrogen (secondary N) is 3. The number of hydrogen-bond acceptors (Lipinski definition) is 7. The van der Waals surface area contributed by atoms with E-state index in [9.17, 15) is 13.2 Å². The van der Waals surface area contributed by atoms with Gasteiger partial charge < -0.3 is 10.6 Å². The van der Waals surface area contributed by atoms with Crippen LogP contribution in [0.4, 0.5) is 5.13 Å². The van der Waals surface area contributed by atoms with Crippen LogP contribution >= 0.6 is 11.3 Å². The summed E-state index contributed by atoms with van der Waals surface area (Å²) in [5.41, 5.74) is 0. The van der Waals surface area contributed by atoms with Crippen LogP contribution in [0.1, 0.15) is 19.8 Å². The number of carbonyl (C=O) groups excluding carboxylic acids is 1.